The molecular weight excluding hydrogens is 270 g/mol. The first-order valence-corrected chi connectivity index (χ1v) is 6.69. The Labute approximate surface area is 114 Å². The van der Waals surface area contributed by atoms with Crippen molar-refractivity contribution < 1.29 is 4.79 Å². The van der Waals surface area contributed by atoms with Gasteiger partial charge in [-0.05, 0) is 30.7 Å². The van der Waals surface area contributed by atoms with Crippen molar-refractivity contribution in [1.29, 1.82) is 0 Å². The van der Waals surface area contributed by atoms with Crippen LogP contribution in [0.2, 0.25) is 5.02 Å². The lowest BCUT2D eigenvalue weighted by Gasteiger charge is -2.07. The third-order valence-electron chi connectivity index (χ3n) is 2.28. The van der Waals surface area contributed by atoms with Crippen LogP contribution in [-0.2, 0) is 4.79 Å². The fourth-order valence-electron chi connectivity index (χ4n) is 1.42. The molecule has 18 heavy (non-hydrogen) atoms. The molecule has 0 aliphatic heterocycles. The summed E-state index contributed by atoms with van der Waals surface area (Å²) in [6.45, 7) is 1.90. The zero-order chi connectivity index (χ0) is 13.0. The zero-order valence-corrected chi connectivity index (χ0v) is 11.3. The Morgan fingerprint density at radius 2 is 2.39 bits per heavy atom. The van der Waals surface area contributed by atoms with Crippen LogP contribution in [-0.4, -0.2) is 21.6 Å². The van der Waals surface area contributed by atoms with Gasteiger partial charge >= 0.3 is 0 Å². The highest BCUT2D eigenvalue weighted by atomic mass is 35.5. The van der Waals surface area contributed by atoms with Crippen molar-refractivity contribution in [3.63, 3.8) is 0 Å². The van der Waals surface area contributed by atoms with Crippen molar-refractivity contribution in [2.75, 3.05) is 11.1 Å². The number of aryl methyl sites for hydroxylation is 1. The predicted molar refractivity (Wildman–Crippen MR) is 74.1 cm³/mol. The van der Waals surface area contributed by atoms with Gasteiger partial charge < -0.3 is 10.3 Å². The Bertz CT molecular complexity index is 542. The fourth-order valence-corrected chi connectivity index (χ4v) is 2.27. The van der Waals surface area contributed by atoms with E-state index >= 15 is 0 Å². The van der Waals surface area contributed by atoms with E-state index in [1.165, 1.54) is 11.8 Å². The Morgan fingerprint density at radius 3 is 3.06 bits per heavy atom. The highest BCUT2D eigenvalue weighted by molar-refractivity contribution is 7.99. The average Bonchev–Trinajstić information content (AvgIpc) is 2.83. The summed E-state index contributed by atoms with van der Waals surface area (Å²) >= 11 is 7.21. The van der Waals surface area contributed by atoms with Crippen molar-refractivity contribution in [2.45, 2.75) is 12.1 Å². The topological polar surface area (TPSA) is 57.8 Å². The summed E-state index contributed by atoms with van der Waals surface area (Å²) in [5.74, 6) is 0.247. The van der Waals surface area contributed by atoms with Crippen LogP contribution in [0.3, 0.4) is 0 Å². The predicted octanol–water partition coefficient (Wildman–Crippen LogP) is 3.10. The third kappa shape index (κ3) is 3.51. The largest absolute Gasteiger partial charge is 0.340 e. The molecule has 0 radical (unpaired) electrons. The van der Waals surface area contributed by atoms with Crippen LogP contribution < -0.4 is 5.32 Å². The molecule has 0 aliphatic rings. The molecule has 0 saturated carbocycles. The van der Waals surface area contributed by atoms with Crippen LogP contribution in [0.1, 0.15) is 5.56 Å². The van der Waals surface area contributed by atoms with E-state index in [1.807, 2.05) is 13.0 Å². The number of rotatable bonds is 4. The number of halogens is 1. The van der Waals surface area contributed by atoms with Crippen molar-refractivity contribution in [1.82, 2.24) is 9.97 Å². The van der Waals surface area contributed by atoms with Crippen molar-refractivity contribution in [3.05, 3.63) is 41.2 Å². The minimum atomic E-state index is -0.0678. The number of carbonyl (C=O) groups excluding carboxylic acids is 1. The standard InChI is InChI=1S/C12H12ClN3OS/c1-8-6-9(13)2-3-10(8)16-11(17)7-18-12-14-4-5-15-12/h2-6H,7H2,1H3,(H,14,15)(H,16,17). The number of thioether (sulfide) groups is 1. The van der Waals surface area contributed by atoms with E-state index in [-0.39, 0.29) is 5.91 Å². The molecule has 4 nitrogen and oxygen atoms in total. The Morgan fingerprint density at radius 1 is 1.56 bits per heavy atom. The fraction of sp³-hybridized carbons (Fsp3) is 0.167. The monoisotopic (exact) mass is 281 g/mol. The van der Waals surface area contributed by atoms with Crippen LogP contribution in [0.5, 0.6) is 0 Å². The lowest BCUT2D eigenvalue weighted by atomic mass is 10.2. The highest BCUT2D eigenvalue weighted by Crippen LogP contribution is 2.20. The highest BCUT2D eigenvalue weighted by Gasteiger charge is 2.06. The maximum Gasteiger partial charge on any atom is 0.234 e. The first-order chi connectivity index (χ1) is 8.65. The summed E-state index contributed by atoms with van der Waals surface area (Å²) in [6, 6.07) is 5.37. The van der Waals surface area contributed by atoms with Crippen LogP contribution in [0.15, 0.2) is 35.7 Å². The van der Waals surface area contributed by atoms with E-state index in [4.69, 9.17) is 11.6 Å². The number of nitrogens with zero attached hydrogens (tertiary/aromatic N) is 1. The molecule has 0 spiro atoms. The first-order valence-electron chi connectivity index (χ1n) is 5.33. The van der Waals surface area contributed by atoms with Gasteiger partial charge in [0.05, 0.1) is 5.75 Å². The molecule has 1 aromatic heterocycles. The molecule has 2 rings (SSSR count). The van der Waals surface area contributed by atoms with E-state index in [1.54, 1.807) is 24.5 Å². The van der Waals surface area contributed by atoms with E-state index < -0.39 is 0 Å². The first kappa shape index (κ1) is 13.0. The van der Waals surface area contributed by atoms with Gasteiger partial charge in [-0.15, -0.1) is 0 Å². The number of aromatic amines is 1. The van der Waals surface area contributed by atoms with Gasteiger partial charge in [-0.1, -0.05) is 23.4 Å². The summed E-state index contributed by atoms with van der Waals surface area (Å²) in [6.07, 6.45) is 3.38. The molecule has 0 fully saturated rings. The normalized spacial score (nSPS) is 10.3. The van der Waals surface area contributed by atoms with E-state index in [9.17, 15) is 4.79 Å². The zero-order valence-electron chi connectivity index (χ0n) is 9.74. The van der Waals surface area contributed by atoms with Gasteiger partial charge in [-0.2, -0.15) is 0 Å². The number of carbonyl (C=O) groups is 1. The summed E-state index contributed by atoms with van der Waals surface area (Å²) in [5.41, 5.74) is 1.73. The summed E-state index contributed by atoms with van der Waals surface area (Å²) < 4.78 is 0. The molecule has 2 aromatic rings. The van der Waals surface area contributed by atoms with Gasteiger partial charge in [0, 0.05) is 23.1 Å². The summed E-state index contributed by atoms with van der Waals surface area (Å²) in [5, 5.41) is 4.24. The molecular formula is C12H12ClN3OS. The molecule has 0 aliphatic carbocycles. The van der Waals surface area contributed by atoms with Crippen LogP contribution in [0.25, 0.3) is 0 Å². The lowest BCUT2D eigenvalue weighted by molar-refractivity contribution is -0.113. The van der Waals surface area contributed by atoms with Crippen LogP contribution in [0, 0.1) is 6.92 Å². The molecule has 1 heterocycles. The number of hydrogen-bond donors (Lipinski definition) is 2. The van der Waals surface area contributed by atoms with Gasteiger partial charge in [0.1, 0.15) is 0 Å². The second kappa shape index (κ2) is 5.93. The molecule has 6 heteroatoms. The maximum atomic E-state index is 11.7. The summed E-state index contributed by atoms with van der Waals surface area (Å²) in [4.78, 5) is 18.7. The average molecular weight is 282 g/mol. The van der Waals surface area contributed by atoms with Crippen molar-refractivity contribution >= 4 is 35.0 Å². The number of anilines is 1. The second-order valence-electron chi connectivity index (χ2n) is 3.69. The number of benzene rings is 1. The molecule has 1 aromatic carbocycles. The number of nitrogens with one attached hydrogen (secondary N) is 2. The molecule has 1 amide bonds. The van der Waals surface area contributed by atoms with Crippen LogP contribution >= 0.6 is 23.4 Å². The molecule has 0 unspecified atom stereocenters. The van der Waals surface area contributed by atoms with Gasteiger partial charge in [0.25, 0.3) is 0 Å². The number of imidazole rings is 1. The molecule has 2 N–H and O–H groups in total. The number of aromatic nitrogens is 2. The lowest BCUT2D eigenvalue weighted by Crippen LogP contribution is -2.14. The van der Waals surface area contributed by atoms with E-state index in [0.29, 0.717) is 10.8 Å². The Hall–Kier alpha value is -1.46. The van der Waals surface area contributed by atoms with Gasteiger partial charge in [-0.3, -0.25) is 4.79 Å². The SMILES string of the molecule is Cc1cc(Cl)ccc1NC(=O)CSc1ncc[nH]1. The Balaban J connectivity index is 1.91. The van der Waals surface area contributed by atoms with Crippen molar-refractivity contribution in [2.24, 2.45) is 0 Å². The molecule has 94 valence electrons. The second-order valence-corrected chi connectivity index (χ2v) is 5.09. The minimum absolute atomic E-state index is 0.0678. The minimum Gasteiger partial charge on any atom is -0.340 e. The van der Waals surface area contributed by atoms with Gasteiger partial charge in [-0.25, -0.2) is 4.98 Å². The number of amides is 1. The van der Waals surface area contributed by atoms with Crippen molar-refractivity contribution in [3.8, 4) is 0 Å². The quantitative estimate of drug-likeness (QED) is 0.847. The number of hydrogen-bond acceptors (Lipinski definition) is 3. The molecule has 0 bridgehead atoms. The van der Waals surface area contributed by atoms with Crippen LogP contribution in [0.4, 0.5) is 5.69 Å². The van der Waals surface area contributed by atoms with E-state index in [2.05, 4.69) is 15.3 Å². The number of H-pyrrole nitrogens is 1. The van der Waals surface area contributed by atoms with Gasteiger partial charge in [0.15, 0.2) is 5.16 Å². The third-order valence-corrected chi connectivity index (χ3v) is 3.41. The van der Waals surface area contributed by atoms with E-state index in [0.717, 1.165) is 16.4 Å². The van der Waals surface area contributed by atoms with Gasteiger partial charge in [0.2, 0.25) is 5.91 Å². The molecule has 0 atom stereocenters. The smallest absolute Gasteiger partial charge is 0.234 e. The summed E-state index contributed by atoms with van der Waals surface area (Å²) in [7, 11) is 0. The molecule has 0 saturated heterocycles. The maximum absolute atomic E-state index is 11.7. The Kier molecular flexibility index (Phi) is 4.28.